The first-order chi connectivity index (χ1) is 19.3. The van der Waals surface area contributed by atoms with Gasteiger partial charge in [-0.25, -0.2) is 0 Å². The van der Waals surface area contributed by atoms with Crippen molar-refractivity contribution in [3.05, 3.63) is 96.8 Å². The number of carbonyl (C=O) groups excluding carboxylic acids is 3. The second kappa shape index (κ2) is 12.6. The number of amides is 3. The molecule has 0 atom stereocenters. The predicted molar refractivity (Wildman–Crippen MR) is 162 cm³/mol. The summed E-state index contributed by atoms with van der Waals surface area (Å²) in [5.74, 6) is 0.343. The molecule has 5 rings (SSSR count). The molecule has 10 heteroatoms. The molecule has 0 spiro atoms. The minimum absolute atomic E-state index is 0.244. The maximum atomic E-state index is 13.2. The highest BCUT2D eigenvalue weighted by Crippen LogP contribution is 2.38. The van der Waals surface area contributed by atoms with Gasteiger partial charge in [0.1, 0.15) is 13.2 Å². The predicted octanol–water partition coefficient (Wildman–Crippen LogP) is 6.81. The Bertz CT molecular complexity index is 1490. The molecule has 40 heavy (non-hydrogen) atoms. The molecule has 2 aliphatic heterocycles. The lowest BCUT2D eigenvalue weighted by Gasteiger charge is -2.29. The molecule has 1 saturated heterocycles. The molecule has 1 fully saturated rings. The highest BCUT2D eigenvalue weighted by Gasteiger charge is 2.37. The van der Waals surface area contributed by atoms with Gasteiger partial charge in [0, 0.05) is 22.0 Å². The summed E-state index contributed by atoms with van der Waals surface area (Å²) in [6.07, 6.45) is 2.39. The maximum absolute atomic E-state index is 13.2. The SMILES string of the molecule is CCOc1cc(/C=C2\SC(=O)N(CC(=O)N3CCc4ccccc4C3)C2=O)c(Br)cc1OCc1ccc(Br)cc1. The number of halogens is 2. The van der Waals surface area contributed by atoms with Crippen LogP contribution in [0.1, 0.15) is 29.2 Å². The van der Waals surface area contributed by atoms with Gasteiger partial charge in [-0.15, -0.1) is 0 Å². The molecule has 3 amide bonds. The molecular weight excluding hydrogens is 660 g/mol. The zero-order valence-corrected chi connectivity index (χ0v) is 25.7. The Morgan fingerprint density at radius 3 is 2.48 bits per heavy atom. The zero-order valence-electron chi connectivity index (χ0n) is 21.7. The van der Waals surface area contributed by atoms with E-state index in [4.69, 9.17) is 9.47 Å². The maximum Gasteiger partial charge on any atom is 0.294 e. The van der Waals surface area contributed by atoms with Crippen LogP contribution in [-0.4, -0.2) is 46.5 Å². The van der Waals surface area contributed by atoms with Crippen LogP contribution in [-0.2, 0) is 29.2 Å². The summed E-state index contributed by atoms with van der Waals surface area (Å²) in [5, 5.41) is -0.461. The Labute approximate surface area is 253 Å². The van der Waals surface area contributed by atoms with E-state index in [1.165, 1.54) is 5.56 Å². The molecule has 0 unspecified atom stereocenters. The molecule has 3 aromatic rings. The van der Waals surface area contributed by atoms with Crippen LogP contribution in [0.2, 0.25) is 0 Å². The number of fused-ring (bicyclic) bond motifs is 1. The normalized spacial score (nSPS) is 15.9. The quantitative estimate of drug-likeness (QED) is 0.243. The van der Waals surface area contributed by atoms with Crippen LogP contribution in [0.3, 0.4) is 0 Å². The first-order valence-electron chi connectivity index (χ1n) is 12.8. The van der Waals surface area contributed by atoms with E-state index in [-0.39, 0.29) is 17.4 Å². The van der Waals surface area contributed by atoms with Gasteiger partial charge in [-0.3, -0.25) is 19.3 Å². The van der Waals surface area contributed by atoms with Gasteiger partial charge in [0.05, 0.1) is 11.5 Å². The van der Waals surface area contributed by atoms with Crippen molar-refractivity contribution in [1.82, 2.24) is 9.80 Å². The molecule has 206 valence electrons. The molecule has 2 aliphatic rings. The van der Waals surface area contributed by atoms with Crippen LogP contribution < -0.4 is 9.47 Å². The van der Waals surface area contributed by atoms with E-state index < -0.39 is 11.1 Å². The van der Waals surface area contributed by atoms with Crippen LogP contribution in [0, 0.1) is 0 Å². The van der Waals surface area contributed by atoms with Crippen molar-refractivity contribution in [2.75, 3.05) is 19.7 Å². The third kappa shape index (κ3) is 6.45. The standard InChI is InChI=1S/C30H26Br2N2O5S/c1-2-38-25-13-22(24(32)15-26(25)39-18-19-7-9-23(31)10-8-19)14-27-29(36)34(30(37)40-27)17-28(35)33-12-11-20-5-3-4-6-21(20)16-33/h3-10,13-15H,2,11-12,16-18H2,1H3/b27-14-. The van der Waals surface area contributed by atoms with E-state index >= 15 is 0 Å². The number of nitrogens with zero attached hydrogens (tertiary/aromatic N) is 2. The van der Waals surface area contributed by atoms with Crippen molar-refractivity contribution in [3.63, 3.8) is 0 Å². The Balaban J connectivity index is 1.29. The van der Waals surface area contributed by atoms with Crippen molar-refractivity contribution < 1.29 is 23.9 Å². The fourth-order valence-corrected chi connectivity index (χ4v) is 6.04. The lowest BCUT2D eigenvalue weighted by Crippen LogP contribution is -2.44. The first-order valence-corrected chi connectivity index (χ1v) is 15.2. The number of carbonyl (C=O) groups is 3. The Morgan fingerprint density at radius 1 is 1.00 bits per heavy atom. The van der Waals surface area contributed by atoms with Crippen LogP contribution in [0.15, 0.2) is 74.5 Å². The number of benzene rings is 3. The van der Waals surface area contributed by atoms with E-state index in [1.807, 2.05) is 49.4 Å². The monoisotopic (exact) mass is 684 g/mol. The van der Waals surface area contributed by atoms with Crippen LogP contribution in [0.5, 0.6) is 11.5 Å². The number of thioether (sulfide) groups is 1. The van der Waals surface area contributed by atoms with Gasteiger partial charge in [0.15, 0.2) is 11.5 Å². The number of rotatable bonds is 8. The van der Waals surface area contributed by atoms with Gasteiger partial charge in [-0.05, 0) is 77.7 Å². The second-order valence-electron chi connectivity index (χ2n) is 9.27. The van der Waals surface area contributed by atoms with Gasteiger partial charge in [-0.1, -0.05) is 68.3 Å². The zero-order chi connectivity index (χ0) is 28.2. The third-order valence-electron chi connectivity index (χ3n) is 6.61. The average Bonchev–Trinajstić information content (AvgIpc) is 3.21. The number of ether oxygens (including phenoxy) is 2. The van der Waals surface area contributed by atoms with Crippen LogP contribution in [0.25, 0.3) is 6.08 Å². The highest BCUT2D eigenvalue weighted by molar-refractivity contribution is 9.10. The molecule has 0 radical (unpaired) electrons. The first kappa shape index (κ1) is 28.4. The number of imide groups is 1. The lowest BCUT2D eigenvalue weighted by molar-refractivity contribution is -0.136. The molecular formula is C30H26Br2N2O5S. The Hall–Kier alpha value is -3.08. The fraction of sp³-hybridized carbons (Fsp3) is 0.233. The summed E-state index contributed by atoms with van der Waals surface area (Å²) < 4.78 is 13.5. The van der Waals surface area contributed by atoms with E-state index in [0.29, 0.717) is 47.8 Å². The minimum atomic E-state index is -0.485. The molecule has 0 aliphatic carbocycles. The molecule has 7 nitrogen and oxygen atoms in total. The van der Waals surface area contributed by atoms with E-state index in [9.17, 15) is 14.4 Å². The van der Waals surface area contributed by atoms with Gasteiger partial charge in [0.2, 0.25) is 5.91 Å². The van der Waals surface area contributed by atoms with Crippen LogP contribution >= 0.6 is 43.6 Å². The average molecular weight is 686 g/mol. The topological polar surface area (TPSA) is 76.2 Å². The highest BCUT2D eigenvalue weighted by atomic mass is 79.9. The van der Waals surface area contributed by atoms with Crippen molar-refractivity contribution >= 4 is 66.8 Å². The second-order valence-corrected chi connectivity index (χ2v) is 12.0. The smallest absolute Gasteiger partial charge is 0.294 e. The van der Waals surface area contributed by atoms with Gasteiger partial charge in [-0.2, -0.15) is 0 Å². The van der Waals surface area contributed by atoms with Crippen LogP contribution in [0.4, 0.5) is 4.79 Å². The molecule has 0 aromatic heterocycles. The molecule has 0 saturated carbocycles. The molecule has 0 N–H and O–H groups in total. The van der Waals surface area contributed by atoms with Crippen molar-refractivity contribution in [2.24, 2.45) is 0 Å². The Morgan fingerprint density at radius 2 is 1.73 bits per heavy atom. The fourth-order valence-electron chi connectivity index (χ4n) is 4.51. The largest absolute Gasteiger partial charge is 0.490 e. The summed E-state index contributed by atoms with van der Waals surface area (Å²) in [4.78, 5) is 41.9. The van der Waals surface area contributed by atoms with Crippen molar-refractivity contribution in [2.45, 2.75) is 26.5 Å². The van der Waals surface area contributed by atoms with Gasteiger partial charge >= 0.3 is 0 Å². The summed E-state index contributed by atoms with van der Waals surface area (Å²) in [7, 11) is 0. The Kier molecular flexibility index (Phi) is 8.97. The summed E-state index contributed by atoms with van der Waals surface area (Å²) in [6, 6.07) is 19.4. The molecule has 0 bridgehead atoms. The van der Waals surface area contributed by atoms with E-state index in [2.05, 4.69) is 37.9 Å². The van der Waals surface area contributed by atoms with Gasteiger partial charge < -0.3 is 14.4 Å². The summed E-state index contributed by atoms with van der Waals surface area (Å²) in [5.41, 5.74) is 3.98. The third-order valence-corrected chi connectivity index (χ3v) is 8.73. The summed E-state index contributed by atoms with van der Waals surface area (Å²) >= 11 is 7.82. The lowest BCUT2D eigenvalue weighted by atomic mass is 10.00. The molecule has 3 aromatic carbocycles. The number of hydrogen-bond acceptors (Lipinski definition) is 6. The number of hydrogen-bond donors (Lipinski definition) is 0. The van der Waals surface area contributed by atoms with E-state index in [1.54, 1.807) is 23.1 Å². The van der Waals surface area contributed by atoms with Crippen molar-refractivity contribution in [3.8, 4) is 11.5 Å². The van der Waals surface area contributed by atoms with Gasteiger partial charge in [0.25, 0.3) is 11.1 Å². The van der Waals surface area contributed by atoms with E-state index in [0.717, 1.165) is 38.7 Å². The van der Waals surface area contributed by atoms with Crippen molar-refractivity contribution in [1.29, 1.82) is 0 Å². The minimum Gasteiger partial charge on any atom is -0.490 e. The summed E-state index contributed by atoms with van der Waals surface area (Å²) in [6.45, 7) is 3.42. The molecule has 2 heterocycles.